The summed E-state index contributed by atoms with van der Waals surface area (Å²) in [4.78, 5) is 60.3. The molecule has 7 unspecified atom stereocenters. The van der Waals surface area contributed by atoms with Crippen LogP contribution in [0, 0.1) is 23.7 Å². The molecule has 0 aliphatic carbocycles. The lowest BCUT2D eigenvalue weighted by Gasteiger charge is -2.41. The van der Waals surface area contributed by atoms with E-state index in [-0.39, 0.29) is 59.9 Å². The molecule has 1 saturated heterocycles. The molecule has 8 atom stereocenters. The van der Waals surface area contributed by atoms with Crippen LogP contribution in [0.3, 0.4) is 0 Å². The Morgan fingerprint density at radius 3 is 2.18 bits per heavy atom. The van der Waals surface area contributed by atoms with Crippen LogP contribution in [0.2, 0.25) is 0 Å². The molecule has 51 heavy (non-hydrogen) atoms. The van der Waals surface area contributed by atoms with Crippen molar-refractivity contribution in [3.05, 3.63) is 29.8 Å². The first kappa shape index (κ1) is 43.9. The minimum atomic E-state index is -0.743. The van der Waals surface area contributed by atoms with Gasteiger partial charge in [-0.1, -0.05) is 67.0 Å². The summed E-state index contributed by atoms with van der Waals surface area (Å²) in [5.41, 5.74) is 7.63. The van der Waals surface area contributed by atoms with Crippen molar-refractivity contribution in [3.63, 3.8) is 0 Å². The van der Waals surface area contributed by atoms with E-state index in [9.17, 15) is 19.2 Å². The number of nitrogens with two attached hydrogens (primary N) is 1. The monoisotopic (exact) mass is 717 g/mol. The fourth-order valence-corrected chi connectivity index (χ4v) is 7.65. The Labute approximate surface area is 307 Å². The summed E-state index contributed by atoms with van der Waals surface area (Å²) in [6.45, 7) is 14.8. The summed E-state index contributed by atoms with van der Waals surface area (Å²) >= 11 is 0. The quantitative estimate of drug-likeness (QED) is 0.174. The van der Waals surface area contributed by atoms with Gasteiger partial charge in [0.1, 0.15) is 6.04 Å². The molecule has 0 aromatic heterocycles. The number of methoxy groups -OCH3 is 2. The summed E-state index contributed by atoms with van der Waals surface area (Å²) in [7, 11) is 8.64. The number of likely N-dealkylation sites (N-methyl/N-ethyl adjacent to an activating group) is 2. The number of anilines is 1. The number of carbonyl (C=O) groups excluding carboxylic acids is 4. The third kappa shape index (κ3) is 11.9. The molecule has 0 bridgehead atoms. The first-order chi connectivity index (χ1) is 24.0. The number of benzene rings is 1. The second kappa shape index (κ2) is 20.7. The van der Waals surface area contributed by atoms with E-state index in [0.717, 1.165) is 24.8 Å². The van der Waals surface area contributed by atoms with Gasteiger partial charge in [-0.3, -0.25) is 24.1 Å². The van der Waals surface area contributed by atoms with E-state index in [1.54, 1.807) is 26.2 Å². The summed E-state index contributed by atoms with van der Waals surface area (Å²) < 4.78 is 11.9. The van der Waals surface area contributed by atoms with Gasteiger partial charge in [-0.05, 0) is 68.8 Å². The fraction of sp³-hybridized carbons (Fsp3) is 0.744. The zero-order chi connectivity index (χ0) is 38.6. The van der Waals surface area contributed by atoms with Gasteiger partial charge in [0.2, 0.25) is 23.6 Å². The third-order valence-electron chi connectivity index (χ3n) is 10.6. The molecule has 2 rings (SSSR count). The number of nitrogen functional groups attached to an aromatic ring is 1. The molecule has 1 aromatic carbocycles. The molecule has 1 aliphatic heterocycles. The van der Waals surface area contributed by atoms with E-state index < -0.39 is 30.2 Å². The minimum absolute atomic E-state index is 0.00236. The van der Waals surface area contributed by atoms with Gasteiger partial charge < -0.3 is 35.6 Å². The van der Waals surface area contributed by atoms with Gasteiger partial charge in [-0.25, -0.2) is 0 Å². The number of carbonyl (C=O) groups is 4. The normalized spacial score (nSPS) is 19.0. The van der Waals surface area contributed by atoms with Crippen molar-refractivity contribution in [1.82, 2.24) is 25.3 Å². The second-order valence-electron chi connectivity index (χ2n) is 15.3. The molecule has 1 heterocycles. The zero-order valence-corrected chi connectivity index (χ0v) is 33.4. The van der Waals surface area contributed by atoms with Crippen molar-refractivity contribution in [2.45, 2.75) is 117 Å². The van der Waals surface area contributed by atoms with Gasteiger partial charge in [-0.2, -0.15) is 0 Å². The summed E-state index contributed by atoms with van der Waals surface area (Å²) in [6.07, 6.45) is 1.90. The topological polar surface area (TPSA) is 147 Å². The van der Waals surface area contributed by atoms with Gasteiger partial charge in [-0.15, -0.1) is 0 Å². The number of hydrogen-bond donors (Lipinski definition) is 3. The maximum absolute atomic E-state index is 14.2. The number of hydrogen-bond acceptors (Lipinski definition) is 8. The Kier molecular flexibility index (Phi) is 17.9. The Balaban J connectivity index is 2.21. The van der Waals surface area contributed by atoms with Crippen LogP contribution in [0.1, 0.15) is 79.7 Å². The van der Waals surface area contributed by atoms with Crippen molar-refractivity contribution in [2.75, 3.05) is 54.2 Å². The van der Waals surface area contributed by atoms with Crippen LogP contribution in [0.5, 0.6) is 0 Å². The number of rotatable bonds is 20. The summed E-state index contributed by atoms with van der Waals surface area (Å²) in [5.74, 6) is -1.23. The lowest BCUT2D eigenvalue weighted by Crippen LogP contribution is -2.59. The molecule has 1 fully saturated rings. The van der Waals surface area contributed by atoms with Crippen LogP contribution < -0.4 is 16.4 Å². The molecule has 290 valence electrons. The molecule has 12 heteroatoms. The highest BCUT2D eigenvalue weighted by atomic mass is 16.5. The molecule has 1 aliphatic rings. The van der Waals surface area contributed by atoms with Crippen LogP contribution in [0.25, 0.3) is 0 Å². The van der Waals surface area contributed by atoms with Gasteiger partial charge in [0, 0.05) is 40.0 Å². The number of nitrogens with one attached hydrogen (secondary N) is 2. The average molecular weight is 717 g/mol. The maximum atomic E-state index is 14.2. The minimum Gasteiger partial charge on any atom is -0.399 e. The van der Waals surface area contributed by atoms with E-state index in [4.69, 9.17) is 15.2 Å². The van der Waals surface area contributed by atoms with Crippen molar-refractivity contribution < 1.29 is 28.7 Å². The number of nitrogens with zero attached hydrogens (tertiary/aromatic N) is 3. The van der Waals surface area contributed by atoms with Gasteiger partial charge in [0.25, 0.3) is 0 Å². The van der Waals surface area contributed by atoms with Crippen molar-refractivity contribution in [2.24, 2.45) is 23.7 Å². The molecular formula is C39H68N6O6. The Morgan fingerprint density at radius 1 is 0.980 bits per heavy atom. The van der Waals surface area contributed by atoms with E-state index in [1.165, 1.54) is 0 Å². The lowest BCUT2D eigenvalue weighted by atomic mass is 9.89. The number of amides is 4. The van der Waals surface area contributed by atoms with Gasteiger partial charge in [0.05, 0.1) is 42.7 Å². The van der Waals surface area contributed by atoms with E-state index in [0.29, 0.717) is 25.2 Å². The number of likely N-dealkylation sites (tertiary alicyclic amines) is 1. The average Bonchev–Trinajstić information content (AvgIpc) is 3.55. The fourth-order valence-electron chi connectivity index (χ4n) is 7.65. The second-order valence-corrected chi connectivity index (χ2v) is 15.3. The third-order valence-corrected chi connectivity index (χ3v) is 10.6. The molecule has 0 radical (unpaired) electrons. The molecule has 0 saturated carbocycles. The largest absolute Gasteiger partial charge is 0.399 e. The van der Waals surface area contributed by atoms with E-state index in [1.807, 2.05) is 82.8 Å². The van der Waals surface area contributed by atoms with Crippen molar-refractivity contribution in [3.8, 4) is 0 Å². The van der Waals surface area contributed by atoms with Crippen LogP contribution in [0.15, 0.2) is 24.3 Å². The smallest absolute Gasteiger partial charge is 0.245 e. The van der Waals surface area contributed by atoms with Crippen molar-refractivity contribution in [1.29, 1.82) is 0 Å². The predicted octanol–water partition coefficient (Wildman–Crippen LogP) is 3.57. The van der Waals surface area contributed by atoms with E-state index >= 15 is 0 Å². The first-order valence-electron chi connectivity index (χ1n) is 18.7. The zero-order valence-electron chi connectivity index (χ0n) is 33.4. The van der Waals surface area contributed by atoms with Crippen LogP contribution in [-0.2, 0) is 35.1 Å². The molecule has 1 aromatic rings. The SMILES string of the molecule is CCC(C)C(C(CC(=O)N1CCC[C@H]1C(OC)C(C)C(=O)NCCc1cccc(N)c1)OC)N(C)C(=O)C(NC(=O)C(C(C)C)N(C)C)C(C)C. The van der Waals surface area contributed by atoms with Crippen LogP contribution in [0.4, 0.5) is 5.69 Å². The van der Waals surface area contributed by atoms with E-state index in [2.05, 4.69) is 24.5 Å². The van der Waals surface area contributed by atoms with Crippen LogP contribution in [-0.4, -0.2) is 123 Å². The number of ether oxygens (including phenoxy) is 2. The standard InChI is InChI=1S/C39H68N6O6/c1-13-26(6)35(44(10)39(49)33(24(2)3)42-38(48)34(25(4)5)43(8)9)31(50-11)23-32(46)45-21-15-18-30(45)36(51-12)27(7)37(47)41-20-19-28-16-14-17-29(40)22-28/h14,16-17,22,24-27,30-31,33-36H,13,15,18-21,23,40H2,1-12H3,(H,41,47)(H,42,48)/t26?,27?,30-,31?,33?,34?,35?,36?/m0/s1. The summed E-state index contributed by atoms with van der Waals surface area (Å²) in [6, 6.07) is 5.78. The molecule has 4 amide bonds. The highest BCUT2D eigenvalue weighted by Crippen LogP contribution is 2.29. The molecule has 0 spiro atoms. The first-order valence-corrected chi connectivity index (χ1v) is 18.7. The molecule has 12 nitrogen and oxygen atoms in total. The molecular weight excluding hydrogens is 648 g/mol. The van der Waals surface area contributed by atoms with Crippen molar-refractivity contribution >= 4 is 29.3 Å². The van der Waals surface area contributed by atoms with Gasteiger partial charge >= 0.3 is 0 Å². The Hall–Kier alpha value is -3.22. The van der Waals surface area contributed by atoms with Gasteiger partial charge in [0.15, 0.2) is 0 Å². The predicted molar refractivity (Wildman–Crippen MR) is 203 cm³/mol. The summed E-state index contributed by atoms with van der Waals surface area (Å²) in [5, 5.41) is 6.07. The highest BCUT2D eigenvalue weighted by molar-refractivity contribution is 5.90. The Bertz CT molecular complexity index is 1270. The van der Waals surface area contributed by atoms with Crippen LogP contribution >= 0.6 is 0 Å². The highest BCUT2D eigenvalue weighted by Gasteiger charge is 2.43. The lowest BCUT2D eigenvalue weighted by molar-refractivity contribution is -0.148. The Morgan fingerprint density at radius 2 is 1.65 bits per heavy atom. The maximum Gasteiger partial charge on any atom is 0.245 e. The molecule has 4 N–H and O–H groups in total.